The number of halogens is 1. The molecule has 2 N–H and O–H groups in total. The van der Waals surface area contributed by atoms with Crippen LogP contribution in [0.4, 0.5) is 0 Å². The summed E-state index contributed by atoms with van der Waals surface area (Å²) in [6.07, 6.45) is 4.65. The molecule has 0 radical (unpaired) electrons. The Kier molecular flexibility index (Phi) is 10.2. The van der Waals surface area contributed by atoms with Gasteiger partial charge < -0.3 is 15.4 Å². The predicted octanol–water partition coefficient (Wildman–Crippen LogP) is 3.86. The van der Waals surface area contributed by atoms with Crippen molar-refractivity contribution in [1.29, 1.82) is 0 Å². The molecule has 1 aromatic heterocycles. The number of rotatable bonds is 9. The summed E-state index contributed by atoms with van der Waals surface area (Å²) in [5, 5.41) is 11.1. The molecule has 160 valence electrons. The van der Waals surface area contributed by atoms with Crippen molar-refractivity contribution >= 4 is 29.9 Å². The summed E-state index contributed by atoms with van der Waals surface area (Å²) in [5.74, 6) is 1.74. The monoisotopic (exact) mass is 519 g/mol. The number of para-hydroxylation sites is 1. The Morgan fingerprint density at radius 2 is 1.73 bits per heavy atom. The van der Waals surface area contributed by atoms with Crippen molar-refractivity contribution in [3.63, 3.8) is 0 Å². The lowest BCUT2D eigenvalue weighted by molar-refractivity contribution is 0.336. The van der Waals surface area contributed by atoms with E-state index in [9.17, 15) is 0 Å². The van der Waals surface area contributed by atoms with E-state index in [-0.39, 0.29) is 24.0 Å². The molecule has 0 unspecified atom stereocenters. The summed E-state index contributed by atoms with van der Waals surface area (Å²) in [6, 6.07) is 18.5. The highest BCUT2D eigenvalue weighted by Gasteiger charge is 2.06. The van der Waals surface area contributed by atoms with Crippen LogP contribution < -0.4 is 15.4 Å². The lowest BCUT2D eigenvalue weighted by Crippen LogP contribution is -2.38. The highest BCUT2D eigenvalue weighted by Crippen LogP contribution is 2.18. The highest BCUT2D eigenvalue weighted by atomic mass is 127. The molecular weight excluding hydrogens is 489 g/mol. The first-order chi connectivity index (χ1) is 14.3. The van der Waals surface area contributed by atoms with Crippen LogP contribution in [0.5, 0.6) is 5.75 Å². The summed E-state index contributed by atoms with van der Waals surface area (Å²) in [4.78, 5) is 4.34. The van der Waals surface area contributed by atoms with E-state index in [1.807, 2.05) is 42.1 Å². The van der Waals surface area contributed by atoms with Crippen molar-refractivity contribution in [2.24, 2.45) is 4.99 Å². The van der Waals surface area contributed by atoms with Gasteiger partial charge in [0.25, 0.3) is 0 Å². The van der Waals surface area contributed by atoms with Crippen LogP contribution in [0, 0.1) is 0 Å². The summed E-state index contributed by atoms with van der Waals surface area (Å²) in [6.45, 7) is 4.91. The Morgan fingerprint density at radius 3 is 2.43 bits per heavy atom. The van der Waals surface area contributed by atoms with Crippen LogP contribution in [0.25, 0.3) is 0 Å². The molecule has 0 fully saturated rings. The molecule has 0 saturated heterocycles. The molecule has 0 atom stereocenters. The van der Waals surface area contributed by atoms with E-state index >= 15 is 0 Å². The molecule has 0 spiro atoms. The molecule has 2 aromatic carbocycles. The summed E-state index contributed by atoms with van der Waals surface area (Å²) < 4.78 is 7.63. The SMILES string of the molecule is CCOc1ccccc1CCNC(=NC)NCc1ccccc1Cn1cccn1.I. The Labute approximate surface area is 195 Å². The number of ether oxygens (including phenoxy) is 1. The van der Waals surface area contributed by atoms with Crippen LogP contribution >= 0.6 is 24.0 Å². The van der Waals surface area contributed by atoms with Crippen molar-refractivity contribution in [1.82, 2.24) is 20.4 Å². The van der Waals surface area contributed by atoms with Crippen LogP contribution in [0.1, 0.15) is 23.6 Å². The van der Waals surface area contributed by atoms with Crippen molar-refractivity contribution in [2.45, 2.75) is 26.4 Å². The first-order valence-corrected chi connectivity index (χ1v) is 9.99. The van der Waals surface area contributed by atoms with Gasteiger partial charge in [0.15, 0.2) is 5.96 Å². The minimum atomic E-state index is 0. The lowest BCUT2D eigenvalue weighted by Gasteiger charge is -2.15. The van der Waals surface area contributed by atoms with Gasteiger partial charge in [-0.15, -0.1) is 24.0 Å². The molecular formula is C23H30IN5O. The number of guanidine groups is 1. The third kappa shape index (κ3) is 7.05. The van der Waals surface area contributed by atoms with Gasteiger partial charge in [-0.25, -0.2) is 0 Å². The molecule has 0 aliphatic heterocycles. The smallest absolute Gasteiger partial charge is 0.191 e. The molecule has 6 nitrogen and oxygen atoms in total. The molecule has 30 heavy (non-hydrogen) atoms. The van der Waals surface area contributed by atoms with Crippen molar-refractivity contribution < 1.29 is 4.74 Å². The van der Waals surface area contributed by atoms with Crippen LogP contribution in [0.2, 0.25) is 0 Å². The van der Waals surface area contributed by atoms with Gasteiger partial charge in [0.1, 0.15) is 5.75 Å². The maximum atomic E-state index is 5.70. The first kappa shape index (κ1) is 23.7. The van der Waals surface area contributed by atoms with Gasteiger partial charge in [-0.3, -0.25) is 9.67 Å². The fourth-order valence-electron chi connectivity index (χ4n) is 3.17. The van der Waals surface area contributed by atoms with Gasteiger partial charge in [-0.2, -0.15) is 5.10 Å². The first-order valence-electron chi connectivity index (χ1n) is 9.99. The molecule has 0 amide bonds. The largest absolute Gasteiger partial charge is 0.494 e. The number of benzene rings is 2. The summed E-state index contributed by atoms with van der Waals surface area (Å²) >= 11 is 0. The summed E-state index contributed by atoms with van der Waals surface area (Å²) in [5.41, 5.74) is 3.67. The van der Waals surface area contributed by atoms with E-state index < -0.39 is 0 Å². The number of nitrogens with zero attached hydrogens (tertiary/aromatic N) is 3. The Hall–Kier alpha value is -2.55. The van der Waals surface area contributed by atoms with E-state index in [1.54, 1.807) is 13.2 Å². The van der Waals surface area contributed by atoms with Gasteiger partial charge in [0, 0.05) is 32.5 Å². The van der Waals surface area contributed by atoms with Crippen molar-refractivity contribution in [3.8, 4) is 5.75 Å². The summed E-state index contributed by atoms with van der Waals surface area (Å²) in [7, 11) is 1.79. The van der Waals surface area contributed by atoms with Crippen molar-refractivity contribution in [2.75, 3.05) is 20.2 Å². The lowest BCUT2D eigenvalue weighted by atomic mass is 10.1. The molecule has 7 heteroatoms. The minimum absolute atomic E-state index is 0. The predicted molar refractivity (Wildman–Crippen MR) is 133 cm³/mol. The topological polar surface area (TPSA) is 63.5 Å². The third-order valence-electron chi connectivity index (χ3n) is 4.64. The molecule has 3 aromatic rings. The Balaban J connectivity index is 0.00000320. The van der Waals surface area contributed by atoms with E-state index in [2.05, 4.69) is 51.1 Å². The fourth-order valence-corrected chi connectivity index (χ4v) is 3.17. The van der Waals surface area contributed by atoms with Gasteiger partial charge >= 0.3 is 0 Å². The molecule has 0 bridgehead atoms. The number of aliphatic imine (C=N–C) groups is 1. The van der Waals surface area contributed by atoms with E-state index in [4.69, 9.17) is 4.74 Å². The zero-order valence-corrected chi connectivity index (χ0v) is 19.9. The third-order valence-corrected chi connectivity index (χ3v) is 4.64. The minimum Gasteiger partial charge on any atom is -0.494 e. The number of hydrogen-bond donors (Lipinski definition) is 2. The van der Waals surface area contributed by atoms with Gasteiger partial charge in [0.2, 0.25) is 0 Å². The van der Waals surface area contributed by atoms with E-state index in [1.165, 1.54) is 16.7 Å². The second-order valence-electron chi connectivity index (χ2n) is 6.62. The Morgan fingerprint density at radius 1 is 1.00 bits per heavy atom. The van der Waals surface area contributed by atoms with Crippen LogP contribution in [0.15, 0.2) is 72.0 Å². The van der Waals surface area contributed by atoms with Gasteiger partial charge in [-0.05, 0) is 42.2 Å². The van der Waals surface area contributed by atoms with E-state index in [0.29, 0.717) is 13.2 Å². The standard InChI is InChI=1S/C23H29N5O.HI/c1-3-29-22-12-7-6-9-19(22)13-15-25-23(24-2)26-17-20-10-4-5-11-21(20)18-28-16-8-14-27-28;/h4-12,14,16H,3,13,15,17-18H2,1-2H3,(H2,24,25,26);1H. The van der Waals surface area contributed by atoms with Gasteiger partial charge in [0.05, 0.1) is 13.2 Å². The normalized spacial score (nSPS) is 10.9. The van der Waals surface area contributed by atoms with Gasteiger partial charge in [-0.1, -0.05) is 42.5 Å². The molecule has 0 aliphatic carbocycles. The van der Waals surface area contributed by atoms with E-state index in [0.717, 1.165) is 31.2 Å². The quantitative estimate of drug-likeness (QED) is 0.256. The number of hydrogen-bond acceptors (Lipinski definition) is 3. The maximum absolute atomic E-state index is 5.70. The molecule has 0 aliphatic rings. The molecule has 0 saturated carbocycles. The Bertz CT molecular complexity index is 911. The second kappa shape index (κ2) is 12.9. The van der Waals surface area contributed by atoms with Crippen LogP contribution in [-0.4, -0.2) is 35.9 Å². The van der Waals surface area contributed by atoms with Crippen LogP contribution in [0.3, 0.4) is 0 Å². The highest BCUT2D eigenvalue weighted by molar-refractivity contribution is 14.0. The van der Waals surface area contributed by atoms with Crippen LogP contribution in [-0.2, 0) is 19.5 Å². The van der Waals surface area contributed by atoms with Crippen molar-refractivity contribution in [3.05, 3.63) is 83.7 Å². The molecule has 1 heterocycles. The average molecular weight is 519 g/mol. The second-order valence-corrected chi connectivity index (χ2v) is 6.62. The zero-order valence-electron chi connectivity index (χ0n) is 17.5. The zero-order chi connectivity index (χ0) is 20.3. The number of aromatic nitrogens is 2. The molecule has 3 rings (SSSR count). The fraction of sp³-hybridized carbons (Fsp3) is 0.304. The number of nitrogens with one attached hydrogen (secondary N) is 2. The maximum Gasteiger partial charge on any atom is 0.191 e. The average Bonchev–Trinajstić information content (AvgIpc) is 3.26.